The first-order valence-corrected chi connectivity index (χ1v) is 5.68. The van der Waals surface area contributed by atoms with E-state index in [4.69, 9.17) is 11.6 Å². The van der Waals surface area contributed by atoms with Crippen molar-refractivity contribution in [3.05, 3.63) is 38.9 Å². The Morgan fingerprint density at radius 1 is 1.50 bits per heavy atom. The maximum absolute atomic E-state index is 10.5. The molecule has 0 unspecified atom stereocenters. The topological polar surface area (TPSA) is 55.2 Å². The zero-order valence-corrected chi connectivity index (χ0v) is 9.54. The fourth-order valence-corrected chi connectivity index (χ4v) is 1.77. The first-order valence-electron chi connectivity index (χ1n) is 5.30. The van der Waals surface area contributed by atoms with Crippen LogP contribution in [0.2, 0.25) is 5.02 Å². The molecule has 2 rings (SSSR count). The van der Waals surface area contributed by atoms with Crippen LogP contribution in [0.1, 0.15) is 18.4 Å². The molecule has 0 atom stereocenters. The lowest BCUT2D eigenvalue weighted by Gasteiger charge is -2.05. The van der Waals surface area contributed by atoms with Crippen molar-refractivity contribution in [2.24, 2.45) is 5.92 Å². The molecule has 1 aromatic rings. The predicted molar refractivity (Wildman–Crippen MR) is 62.5 cm³/mol. The van der Waals surface area contributed by atoms with Crippen LogP contribution in [0.25, 0.3) is 0 Å². The molecule has 0 aromatic heterocycles. The van der Waals surface area contributed by atoms with Gasteiger partial charge in [-0.05, 0) is 36.9 Å². The van der Waals surface area contributed by atoms with E-state index in [-0.39, 0.29) is 5.69 Å². The van der Waals surface area contributed by atoms with E-state index in [0.717, 1.165) is 18.0 Å². The number of halogens is 1. The summed E-state index contributed by atoms with van der Waals surface area (Å²) >= 11 is 5.96. The fourth-order valence-electron chi connectivity index (χ4n) is 1.53. The van der Waals surface area contributed by atoms with Gasteiger partial charge in [0, 0.05) is 18.7 Å². The molecule has 86 valence electrons. The van der Waals surface area contributed by atoms with E-state index in [1.54, 1.807) is 6.07 Å². The summed E-state index contributed by atoms with van der Waals surface area (Å²) < 4.78 is 0. The third kappa shape index (κ3) is 2.93. The van der Waals surface area contributed by atoms with Crippen molar-refractivity contribution in [1.82, 2.24) is 5.32 Å². The van der Waals surface area contributed by atoms with E-state index >= 15 is 0 Å². The second kappa shape index (κ2) is 4.80. The van der Waals surface area contributed by atoms with Gasteiger partial charge in [0.25, 0.3) is 5.69 Å². The second-order valence-corrected chi connectivity index (χ2v) is 4.51. The summed E-state index contributed by atoms with van der Waals surface area (Å²) in [6, 6.07) is 4.59. The molecule has 0 aliphatic heterocycles. The summed E-state index contributed by atoms with van der Waals surface area (Å²) in [5.74, 6) is 0.817. The molecular weight excluding hydrogens is 228 g/mol. The van der Waals surface area contributed by atoms with Crippen LogP contribution in [-0.4, -0.2) is 11.5 Å². The van der Waals surface area contributed by atoms with Crippen LogP contribution in [-0.2, 0) is 6.54 Å². The van der Waals surface area contributed by atoms with Crippen molar-refractivity contribution in [1.29, 1.82) is 0 Å². The van der Waals surface area contributed by atoms with Crippen LogP contribution in [0.15, 0.2) is 18.2 Å². The minimum Gasteiger partial charge on any atom is -0.312 e. The van der Waals surface area contributed by atoms with Crippen molar-refractivity contribution in [3.63, 3.8) is 0 Å². The lowest BCUT2D eigenvalue weighted by molar-refractivity contribution is -0.384. The summed E-state index contributed by atoms with van der Waals surface area (Å²) in [4.78, 5) is 10.1. The highest BCUT2D eigenvalue weighted by Crippen LogP contribution is 2.28. The van der Waals surface area contributed by atoms with Crippen LogP contribution in [0.4, 0.5) is 5.69 Å². The largest absolute Gasteiger partial charge is 0.312 e. The maximum atomic E-state index is 10.5. The summed E-state index contributed by atoms with van der Waals surface area (Å²) in [5, 5.41) is 14.3. The molecule has 4 nitrogen and oxygen atoms in total. The second-order valence-electron chi connectivity index (χ2n) is 4.11. The van der Waals surface area contributed by atoms with Gasteiger partial charge in [-0.2, -0.15) is 0 Å². The highest BCUT2D eigenvalue weighted by atomic mass is 35.5. The van der Waals surface area contributed by atoms with E-state index in [2.05, 4.69) is 5.32 Å². The standard InChI is InChI=1S/C11H13ClN2O2/c12-11-5-10(14(15)16)4-3-9(11)7-13-6-8-1-2-8/h3-5,8,13H,1-2,6-7H2. The van der Waals surface area contributed by atoms with Gasteiger partial charge >= 0.3 is 0 Å². The number of nitrogens with one attached hydrogen (secondary N) is 1. The van der Waals surface area contributed by atoms with Crippen LogP contribution in [0, 0.1) is 16.0 Å². The van der Waals surface area contributed by atoms with E-state index in [9.17, 15) is 10.1 Å². The molecule has 1 fully saturated rings. The van der Waals surface area contributed by atoms with E-state index in [1.165, 1.54) is 25.0 Å². The van der Waals surface area contributed by atoms with Crippen molar-refractivity contribution < 1.29 is 4.92 Å². The van der Waals surface area contributed by atoms with Gasteiger partial charge < -0.3 is 5.32 Å². The van der Waals surface area contributed by atoms with E-state index in [1.807, 2.05) is 0 Å². The Morgan fingerprint density at radius 2 is 2.25 bits per heavy atom. The molecule has 0 heterocycles. The Hall–Kier alpha value is -1.13. The third-order valence-corrected chi connectivity index (χ3v) is 3.04. The van der Waals surface area contributed by atoms with Gasteiger partial charge in [-0.25, -0.2) is 0 Å². The highest BCUT2D eigenvalue weighted by molar-refractivity contribution is 6.31. The van der Waals surface area contributed by atoms with Crippen molar-refractivity contribution >= 4 is 17.3 Å². The van der Waals surface area contributed by atoms with Crippen LogP contribution >= 0.6 is 11.6 Å². The molecule has 1 aromatic carbocycles. The van der Waals surface area contributed by atoms with Gasteiger partial charge in [-0.1, -0.05) is 11.6 Å². The normalized spacial score (nSPS) is 15.1. The monoisotopic (exact) mass is 240 g/mol. The molecule has 0 spiro atoms. The molecule has 1 aliphatic rings. The Balaban J connectivity index is 1.95. The molecule has 5 heteroatoms. The number of non-ortho nitro benzene ring substituents is 1. The predicted octanol–water partition coefficient (Wildman–Crippen LogP) is 2.75. The van der Waals surface area contributed by atoms with Crippen LogP contribution in [0.3, 0.4) is 0 Å². The molecular formula is C11H13ClN2O2. The summed E-state index contributed by atoms with van der Waals surface area (Å²) in [5.41, 5.74) is 0.948. The summed E-state index contributed by atoms with van der Waals surface area (Å²) in [7, 11) is 0. The van der Waals surface area contributed by atoms with Crippen molar-refractivity contribution in [3.8, 4) is 0 Å². The maximum Gasteiger partial charge on any atom is 0.270 e. The molecule has 0 bridgehead atoms. The Bertz CT molecular complexity index is 405. The van der Waals surface area contributed by atoms with Crippen LogP contribution < -0.4 is 5.32 Å². The minimum absolute atomic E-state index is 0.0379. The van der Waals surface area contributed by atoms with Gasteiger partial charge in [0.2, 0.25) is 0 Å². The van der Waals surface area contributed by atoms with Gasteiger partial charge in [0.05, 0.1) is 9.95 Å². The lowest BCUT2D eigenvalue weighted by Crippen LogP contribution is -2.16. The number of hydrogen-bond donors (Lipinski definition) is 1. The molecule has 1 N–H and O–H groups in total. The summed E-state index contributed by atoms with van der Waals surface area (Å²) in [6.45, 7) is 1.68. The average Bonchev–Trinajstić information content (AvgIpc) is 3.04. The average molecular weight is 241 g/mol. The number of benzene rings is 1. The van der Waals surface area contributed by atoms with Gasteiger partial charge in [0.15, 0.2) is 0 Å². The van der Waals surface area contributed by atoms with Gasteiger partial charge in [0.1, 0.15) is 0 Å². The molecule has 0 saturated heterocycles. The number of hydrogen-bond acceptors (Lipinski definition) is 3. The SMILES string of the molecule is O=[N+]([O-])c1ccc(CNCC2CC2)c(Cl)c1. The Kier molecular flexibility index (Phi) is 3.41. The number of nitro benzene ring substituents is 1. The Labute approximate surface area is 98.8 Å². The van der Waals surface area contributed by atoms with Crippen molar-refractivity contribution in [2.45, 2.75) is 19.4 Å². The smallest absolute Gasteiger partial charge is 0.270 e. The first-order chi connectivity index (χ1) is 7.66. The zero-order valence-electron chi connectivity index (χ0n) is 8.78. The quantitative estimate of drug-likeness (QED) is 0.636. The number of rotatable bonds is 5. The molecule has 0 amide bonds. The molecule has 0 radical (unpaired) electrons. The molecule has 1 saturated carbocycles. The molecule has 1 aliphatic carbocycles. The van der Waals surface area contributed by atoms with E-state index < -0.39 is 4.92 Å². The Morgan fingerprint density at radius 3 is 2.81 bits per heavy atom. The van der Waals surface area contributed by atoms with E-state index in [0.29, 0.717) is 11.6 Å². The number of nitro groups is 1. The van der Waals surface area contributed by atoms with Gasteiger partial charge in [-0.3, -0.25) is 10.1 Å². The van der Waals surface area contributed by atoms with Crippen molar-refractivity contribution in [2.75, 3.05) is 6.54 Å². The third-order valence-electron chi connectivity index (χ3n) is 2.69. The highest BCUT2D eigenvalue weighted by Gasteiger charge is 2.20. The zero-order chi connectivity index (χ0) is 11.5. The fraction of sp³-hybridized carbons (Fsp3) is 0.455. The minimum atomic E-state index is -0.437. The first kappa shape index (κ1) is 11.4. The molecule has 16 heavy (non-hydrogen) atoms. The lowest BCUT2D eigenvalue weighted by atomic mass is 10.2. The van der Waals surface area contributed by atoms with Gasteiger partial charge in [-0.15, -0.1) is 0 Å². The number of nitrogens with zero attached hydrogens (tertiary/aromatic N) is 1. The summed E-state index contributed by atoms with van der Waals surface area (Å²) in [6.07, 6.45) is 2.61. The van der Waals surface area contributed by atoms with Crippen LogP contribution in [0.5, 0.6) is 0 Å².